The minimum Gasteiger partial charge on any atom is -0.462 e. The number of rotatable bonds is 57. The van der Waals surface area contributed by atoms with Crippen LogP contribution in [0.2, 0.25) is 0 Å². The molecule has 0 saturated heterocycles. The van der Waals surface area contributed by atoms with Crippen LogP contribution in [0, 0.1) is 0 Å². The summed E-state index contributed by atoms with van der Waals surface area (Å²) >= 11 is 0. The lowest BCUT2D eigenvalue weighted by atomic mass is 10.1. The number of hydrogen-bond donors (Lipinski definition) is 0. The third-order valence-corrected chi connectivity index (χ3v) is 13.4. The van der Waals surface area contributed by atoms with Gasteiger partial charge in [0.1, 0.15) is 13.2 Å². The smallest absolute Gasteiger partial charge is 0.306 e. The first kappa shape index (κ1) is 73.5. The topological polar surface area (TPSA) is 78.9 Å². The highest BCUT2D eigenvalue weighted by molar-refractivity contribution is 5.71. The van der Waals surface area contributed by atoms with E-state index >= 15 is 0 Å². The van der Waals surface area contributed by atoms with E-state index in [-0.39, 0.29) is 31.1 Å². The molecule has 0 fully saturated rings. The summed E-state index contributed by atoms with van der Waals surface area (Å²) in [6.07, 6.45) is 92.1. The number of hydrogen-bond acceptors (Lipinski definition) is 6. The van der Waals surface area contributed by atoms with Gasteiger partial charge < -0.3 is 14.2 Å². The summed E-state index contributed by atoms with van der Waals surface area (Å²) in [5, 5.41) is 0. The zero-order valence-corrected chi connectivity index (χ0v) is 50.6. The summed E-state index contributed by atoms with van der Waals surface area (Å²) in [6, 6.07) is 0. The molecule has 0 aromatic rings. The molecule has 1 unspecified atom stereocenters. The number of unbranched alkanes of at least 4 members (excludes halogenated alkanes) is 24. The zero-order chi connectivity index (χ0) is 56.4. The van der Waals surface area contributed by atoms with E-state index in [0.29, 0.717) is 19.3 Å². The minimum absolute atomic E-state index is 0.0886. The first-order chi connectivity index (χ1) is 38.5. The van der Waals surface area contributed by atoms with E-state index in [4.69, 9.17) is 14.2 Å². The maximum Gasteiger partial charge on any atom is 0.306 e. The molecule has 0 aromatic heterocycles. The van der Waals surface area contributed by atoms with Gasteiger partial charge in [-0.1, -0.05) is 276 Å². The largest absolute Gasteiger partial charge is 0.462 e. The average molecular weight is 1080 g/mol. The zero-order valence-electron chi connectivity index (χ0n) is 50.6. The Balaban J connectivity index is 4.17. The quantitative estimate of drug-likeness (QED) is 0.0261. The van der Waals surface area contributed by atoms with Crippen molar-refractivity contribution in [3.8, 4) is 0 Å². The van der Waals surface area contributed by atoms with Gasteiger partial charge in [-0.3, -0.25) is 14.4 Å². The summed E-state index contributed by atoms with van der Waals surface area (Å²) in [4.78, 5) is 38.0. The van der Waals surface area contributed by atoms with Crippen LogP contribution < -0.4 is 0 Å². The molecule has 0 rings (SSSR count). The van der Waals surface area contributed by atoms with Gasteiger partial charge in [0.25, 0.3) is 0 Å². The lowest BCUT2D eigenvalue weighted by Crippen LogP contribution is -2.30. The molecule has 442 valence electrons. The molecule has 0 aliphatic carbocycles. The van der Waals surface area contributed by atoms with Gasteiger partial charge >= 0.3 is 17.9 Å². The second-order valence-corrected chi connectivity index (χ2v) is 20.9. The van der Waals surface area contributed by atoms with Crippen molar-refractivity contribution in [2.24, 2.45) is 0 Å². The molecule has 78 heavy (non-hydrogen) atoms. The molecule has 0 N–H and O–H groups in total. The molecule has 0 spiro atoms. The molecule has 0 aliphatic rings. The SMILES string of the molecule is CC/C=C\C/C=C\C/C=C\C/C=C\C/C=C\C/C=C\C/C=C\C/C=C\C/C=C\C/C=C\CCCCCCC(=O)OCC(COC(=O)CCCCCCCC)OC(=O)CCCCCCCCCCC/C=C\CCCCCCCC. The van der Waals surface area contributed by atoms with Crippen molar-refractivity contribution < 1.29 is 28.6 Å². The Morgan fingerprint density at radius 1 is 0.269 bits per heavy atom. The standard InChI is InChI=1S/C72H118O6/c1-4-7-10-13-16-18-20-22-24-26-28-29-30-31-32-33-34-35-36-37-38-39-40-41-42-43-45-46-48-50-52-54-56-59-62-65-71(74)77-68-69(67-76-70(73)64-61-58-15-12-9-6-3)78-72(75)66-63-60-57-55-53-51-49-47-44-27-25-23-21-19-17-14-11-8-5-2/h7,10,16,18,22-25,28-29,31-32,34-35,37-38,40-41,43,45,48,50,69H,4-6,8-9,11-15,17,19-21,26-27,30,33,36,39,42,44,46-47,49,51-68H2,1-3H3/b10-7-,18-16-,24-22-,25-23-,29-28-,32-31-,35-34-,38-37-,41-40-,45-43-,50-48-. The number of allylic oxidation sites excluding steroid dienone is 22. The predicted molar refractivity (Wildman–Crippen MR) is 339 cm³/mol. The van der Waals surface area contributed by atoms with Crippen LogP contribution in [-0.4, -0.2) is 37.2 Å². The van der Waals surface area contributed by atoms with Gasteiger partial charge in [0.2, 0.25) is 0 Å². The molecule has 0 aliphatic heterocycles. The van der Waals surface area contributed by atoms with E-state index in [1.807, 2.05) is 0 Å². The van der Waals surface area contributed by atoms with E-state index in [9.17, 15) is 14.4 Å². The molecular formula is C72H118O6. The van der Waals surface area contributed by atoms with Gasteiger partial charge in [0.15, 0.2) is 6.10 Å². The normalized spacial score (nSPS) is 13.0. The summed E-state index contributed by atoms with van der Waals surface area (Å²) < 4.78 is 16.8. The van der Waals surface area contributed by atoms with Crippen molar-refractivity contribution >= 4 is 17.9 Å². The van der Waals surface area contributed by atoms with Crippen molar-refractivity contribution in [2.75, 3.05) is 13.2 Å². The summed E-state index contributed by atoms with van der Waals surface area (Å²) in [6.45, 7) is 6.44. The first-order valence-electron chi connectivity index (χ1n) is 32.2. The van der Waals surface area contributed by atoms with Crippen molar-refractivity contribution in [1.29, 1.82) is 0 Å². The van der Waals surface area contributed by atoms with Crippen LogP contribution in [0.4, 0.5) is 0 Å². The number of carbonyl (C=O) groups is 3. The third-order valence-electron chi connectivity index (χ3n) is 13.4. The first-order valence-corrected chi connectivity index (χ1v) is 32.2. The third kappa shape index (κ3) is 62.4. The van der Waals surface area contributed by atoms with Crippen molar-refractivity contribution in [3.63, 3.8) is 0 Å². The molecule has 1 atom stereocenters. The van der Waals surface area contributed by atoms with Crippen LogP contribution in [0.15, 0.2) is 134 Å². The van der Waals surface area contributed by atoms with Crippen molar-refractivity contribution in [2.45, 2.75) is 290 Å². The van der Waals surface area contributed by atoms with Crippen LogP contribution in [-0.2, 0) is 28.6 Å². The lowest BCUT2D eigenvalue weighted by molar-refractivity contribution is -0.167. The van der Waals surface area contributed by atoms with Crippen molar-refractivity contribution in [3.05, 3.63) is 134 Å². The highest BCUT2D eigenvalue weighted by Gasteiger charge is 2.19. The Morgan fingerprint density at radius 2 is 0.500 bits per heavy atom. The fraction of sp³-hybridized carbons (Fsp3) is 0.653. The molecule has 0 amide bonds. The van der Waals surface area contributed by atoms with E-state index in [1.54, 1.807) is 0 Å². The highest BCUT2D eigenvalue weighted by Crippen LogP contribution is 2.15. The molecule has 6 nitrogen and oxygen atoms in total. The van der Waals surface area contributed by atoms with E-state index in [0.717, 1.165) is 135 Å². The number of esters is 3. The van der Waals surface area contributed by atoms with Crippen LogP contribution in [0.5, 0.6) is 0 Å². The molecule has 0 aromatic carbocycles. The van der Waals surface area contributed by atoms with Gasteiger partial charge in [-0.05, 0) is 122 Å². The van der Waals surface area contributed by atoms with Gasteiger partial charge in [-0.15, -0.1) is 0 Å². The Labute approximate surface area is 481 Å². The molecular weight excluding hydrogens is 961 g/mol. The summed E-state index contributed by atoms with van der Waals surface area (Å²) in [5.74, 6) is -0.926. The lowest BCUT2D eigenvalue weighted by Gasteiger charge is -2.18. The Kier molecular flexibility index (Phi) is 61.4. The van der Waals surface area contributed by atoms with E-state index < -0.39 is 6.10 Å². The second kappa shape index (κ2) is 65.1. The number of ether oxygens (including phenoxy) is 3. The van der Waals surface area contributed by atoms with Gasteiger partial charge in [-0.25, -0.2) is 0 Å². The van der Waals surface area contributed by atoms with Crippen LogP contribution in [0.3, 0.4) is 0 Å². The Hall–Kier alpha value is -4.45. The van der Waals surface area contributed by atoms with Gasteiger partial charge in [-0.2, -0.15) is 0 Å². The Bertz CT molecular complexity index is 1670. The van der Waals surface area contributed by atoms with Crippen LogP contribution in [0.25, 0.3) is 0 Å². The summed E-state index contributed by atoms with van der Waals surface area (Å²) in [7, 11) is 0. The molecule has 0 heterocycles. The van der Waals surface area contributed by atoms with Crippen LogP contribution in [0.1, 0.15) is 284 Å². The minimum atomic E-state index is -0.790. The average Bonchev–Trinajstić information content (AvgIpc) is 3.44. The van der Waals surface area contributed by atoms with Gasteiger partial charge in [0, 0.05) is 19.3 Å². The number of carbonyl (C=O) groups excluding carboxylic acids is 3. The van der Waals surface area contributed by atoms with Crippen molar-refractivity contribution in [1.82, 2.24) is 0 Å². The fourth-order valence-electron chi connectivity index (χ4n) is 8.58. The molecule has 6 heteroatoms. The van der Waals surface area contributed by atoms with E-state index in [1.165, 1.54) is 109 Å². The van der Waals surface area contributed by atoms with E-state index in [2.05, 4.69) is 154 Å². The maximum absolute atomic E-state index is 12.8. The van der Waals surface area contributed by atoms with Crippen LogP contribution >= 0.6 is 0 Å². The predicted octanol–water partition coefficient (Wildman–Crippen LogP) is 22.2. The molecule has 0 radical (unpaired) electrons. The fourth-order valence-corrected chi connectivity index (χ4v) is 8.58. The monoisotopic (exact) mass is 1080 g/mol. The molecule has 0 saturated carbocycles. The summed E-state index contributed by atoms with van der Waals surface area (Å²) in [5.41, 5.74) is 0. The van der Waals surface area contributed by atoms with Gasteiger partial charge in [0.05, 0.1) is 0 Å². The second-order valence-electron chi connectivity index (χ2n) is 20.9. The Morgan fingerprint density at radius 3 is 0.795 bits per heavy atom. The highest BCUT2D eigenvalue weighted by atomic mass is 16.6. The molecule has 0 bridgehead atoms. The maximum atomic E-state index is 12.8.